The summed E-state index contributed by atoms with van der Waals surface area (Å²) < 4.78 is 12.8. The molecule has 0 aliphatic carbocycles. The van der Waals surface area contributed by atoms with Crippen molar-refractivity contribution in [1.82, 2.24) is 0 Å². The zero-order chi connectivity index (χ0) is 10.6. The third-order valence-electron chi connectivity index (χ3n) is 1.91. The molecule has 1 rings (SSSR count). The number of rotatable bonds is 4. The van der Waals surface area contributed by atoms with E-state index in [-0.39, 0.29) is 12.2 Å². The van der Waals surface area contributed by atoms with E-state index < -0.39 is 11.8 Å². The molecule has 0 heterocycles. The van der Waals surface area contributed by atoms with E-state index in [1.807, 2.05) is 0 Å². The fraction of sp³-hybridized carbons (Fsp3) is 0.300. The lowest BCUT2D eigenvalue weighted by Crippen LogP contribution is -1.96. The molecule has 3 nitrogen and oxygen atoms in total. The zero-order valence-corrected chi connectivity index (χ0v) is 7.53. The number of benzene rings is 1. The van der Waals surface area contributed by atoms with Gasteiger partial charge in [0, 0.05) is 6.42 Å². The molecule has 0 radical (unpaired) electrons. The molecule has 1 aromatic carbocycles. The molecule has 1 aromatic rings. The highest BCUT2D eigenvalue weighted by atomic mass is 19.1. The van der Waals surface area contributed by atoms with Crippen LogP contribution in [0.5, 0.6) is 5.75 Å². The van der Waals surface area contributed by atoms with E-state index in [1.165, 1.54) is 6.07 Å². The van der Waals surface area contributed by atoms with Crippen LogP contribution in [-0.4, -0.2) is 16.2 Å². The van der Waals surface area contributed by atoms with Gasteiger partial charge in [0.05, 0.1) is 0 Å². The van der Waals surface area contributed by atoms with E-state index in [0.717, 1.165) is 6.07 Å². The van der Waals surface area contributed by atoms with E-state index in [0.29, 0.717) is 18.4 Å². The number of carboxylic acids is 1. The van der Waals surface area contributed by atoms with Crippen molar-refractivity contribution in [3.8, 4) is 5.75 Å². The third kappa shape index (κ3) is 2.73. The van der Waals surface area contributed by atoms with Gasteiger partial charge in [0.15, 0.2) is 11.6 Å². The molecular formula is C10H11FO3. The number of para-hydroxylation sites is 1. The number of aliphatic carboxylic acids is 1. The average Bonchev–Trinajstić information content (AvgIpc) is 2.12. The van der Waals surface area contributed by atoms with E-state index in [2.05, 4.69) is 0 Å². The Hall–Kier alpha value is -1.58. The summed E-state index contributed by atoms with van der Waals surface area (Å²) in [4.78, 5) is 10.2. The number of phenols is 1. The Labute approximate surface area is 80.8 Å². The number of hydrogen-bond acceptors (Lipinski definition) is 2. The smallest absolute Gasteiger partial charge is 0.303 e. The number of phenolic OH excluding ortho intramolecular Hbond substituents is 1. The van der Waals surface area contributed by atoms with Gasteiger partial charge in [0.2, 0.25) is 0 Å². The Balaban J connectivity index is 2.59. The van der Waals surface area contributed by atoms with Gasteiger partial charge in [-0.3, -0.25) is 4.79 Å². The van der Waals surface area contributed by atoms with Crippen LogP contribution in [0, 0.1) is 5.82 Å². The number of carboxylic acid groups (broad SMARTS) is 1. The van der Waals surface area contributed by atoms with E-state index in [4.69, 9.17) is 5.11 Å². The zero-order valence-electron chi connectivity index (χ0n) is 7.53. The summed E-state index contributed by atoms with van der Waals surface area (Å²) >= 11 is 0. The first-order valence-corrected chi connectivity index (χ1v) is 4.29. The average molecular weight is 198 g/mol. The SMILES string of the molecule is O=C(O)CCCc1cccc(F)c1O. The van der Waals surface area contributed by atoms with Crippen LogP contribution in [0.2, 0.25) is 0 Å². The minimum absolute atomic E-state index is 0.0238. The second-order valence-corrected chi connectivity index (χ2v) is 2.99. The molecule has 2 N–H and O–H groups in total. The van der Waals surface area contributed by atoms with Crippen LogP contribution in [0.4, 0.5) is 4.39 Å². The fourth-order valence-electron chi connectivity index (χ4n) is 1.19. The molecule has 0 aliphatic heterocycles. The van der Waals surface area contributed by atoms with Crippen LogP contribution >= 0.6 is 0 Å². The van der Waals surface area contributed by atoms with Crippen LogP contribution in [0.1, 0.15) is 18.4 Å². The molecule has 0 atom stereocenters. The van der Waals surface area contributed by atoms with Crippen molar-refractivity contribution < 1.29 is 19.4 Å². The highest BCUT2D eigenvalue weighted by molar-refractivity contribution is 5.66. The Bertz CT molecular complexity index is 336. The van der Waals surface area contributed by atoms with Crippen molar-refractivity contribution in [2.45, 2.75) is 19.3 Å². The molecule has 0 unspecified atom stereocenters. The monoisotopic (exact) mass is 198 g/mol. The molecular weight excluding hydrogens is 187 g/mol. The quantitative estimate of drug-likeness (QED) is 0.777. The van der Waals surface area contributed by atoms with Gasteiger partial charge in [0.25, 0.3) is 0 Å². The molecule has 4 heteroatoms. The van der Waals surface area contributed by atoms with Crippen molar-refractivity contribution in [1.29, 1.82) is 0 Å². The maximum absolute atomic E-state index is 12.8. The first-order chi connectivity index (χ1) is 6.61. The first kappa shape index (κ1) is 10.5. The Morgan fingerprint density at radius 3 is 2.79 bits per heavy atom. The van der Waals surface area contributed by atoms with Gasteiger partial charge in [-0.25, -0.2) is 4.39 Å². The van der Waals surface area contributed by atoms with Gasteiger partial charge in [-0.2, -0.15) is 0 Å². The molecule has 0 saturated heterocycles. The predicted octanol–water partition coefficient (Wildman–Crippen LogP) is 1.94. The topological polar surface area (TPSA) is 57.5 Å². The minimum atomic E-state index is -0.888. The van der Waals surface area contributed by atoms with Gasteiger partial charge < -0.3 is 10.2 Å². The highest BCUT2D eigenvalue weighted by Crippen LogP contribution is 2.22. The van der Waals surface area contributed by atoms with Crippen molar-refractivity contribution in [2.24, 2.45) is 0 Å². The lowest BCUT2D eigenvalue weighted by Gasteiger charge is -2.03. The van der Waals surface area contributed by atoms with Gasteiger partial charge in [-0.1, -0.05) is 12.1 Å². The lowest BCUT2D eigenvalue weighted by molar-refractivity contribution is -0.137. The first-order valence-electron chi connectivity index (χ1n) is 4.29. The summed E-state index contributed by atoms with van der Waals surface area (Å²) in [7, 11) is 0. The maximum Gasteiger partial charge on any atom is 0.303 e. The van der Waals surface area contributed by atoms with Crippen LogP contribution < -0.4 is 0 Å². The van der Waals surface area contributed by atoms with Crippen molar-refractivity contribution in [3.63, 3.8) is 0 Å². The molecule has 14 heavy (non-hydrogen) atoms. The summed E-state index contributed by atoms with van der Waals surface area (Å²) in [5.74, 6) is -1.93. The standard InChI is InChI=1S/C10H11FO3/c11-8-5-1-3-7(10(8)14)4-2-6-9(12)13/h1,3,5,14H,2,4,6H2,(H,12,13). The summed E-state index contributed by atoms with van der Waals surface area (Å²) in [6.45, 7) is 0. The molecule has 0 spiro atoms. The third-order valence-corrected chi connectivity index (χ3v) is 1.91. The minimum Gasteiger partial charge on any atom is -0.505 e. The lowest BCUT2D eigenvalue weighted by atomic mass is 10.1. The van der Waals surface area contributed by atoms with E-state index in [1.54, 1.807) is 6.07 Å². The predicted molar refractivity (Wildman–Crippen MR) is 48.6 cm³/mol. The molecule has 76 valence electrons. The molecule has 0 saturated carbocycles. The van der Waals surface area contributed by atoms with Crippen LogP contribution in [0.15, 0.2) is 18.2 Å². The second kappa shape index (κ2) is 4.60. The van der Waals surface area contributed by atoms with Crippen molar-refractivity contribution in [3.05, 3.63) is 29.6 Å². The normalized spacial score (nSPS) is 10.1. The number of aromatic hydroxyl groups is 1. The van der Waals surface area contributed by atoms with Crippen LogP contribution in [-0.2, 0) is 11.2 Å². The molecule has 0 fully saturated rings. The Kier molecular flexibility index (Phi) is 3.45. The fourth-order valence-corrected chi connectivity index (χ4v) is 1.19. The van der Waals surface area contributed by atoms with Crippen molar-refractivity contribution in [2.75, 3.05) is 0 Å². The number of aryl methyl sites for hydroxylation is 1. The van der Waals surface area contributed by atoms with Crippen LogP contribution in [0.25, 0.3) is 0 Å². The number of carbonyl (C=O) groups is 1. The van der Waals surface area contributed by atoms with Gasteiger partial charge in [0.1, 0.15) is 0 Å². The summed E-state index contributed by atoms with van der Waals surface area (Å²) in [5.41, 5.74) is 0.450. The maximum atomic E-state index is 12.8. The van der Waals surface area contributed by atoms with Crippen LogP contribution in [0.3, 0.4) is 0 Å². The van der Waals surface area contributed by atoms with Gasteiger partial charge in [-0.05, 0) is 24.5 Å². The highest BCUT2D eigenvalue weighted by Gasteiger charge is 2.06. The summed E-state index contributed by atoms with van der Waals surface area (Å²) in [6.07, 6.45) is 0.790. The summed E-state index contributed by atoms with van der Waals surface area (Å²) in [6, 6.07) is 4.24. The molecule has 0 amide bonds. The molecule has 0 aliphatic rings. The summed E-state index contributed by atoms with van der Waals surface area (Å²) in [5, 5.41) is 17.6. The van der Waals surface area contributed by atoms with Gasteiger partial charge >= 0.3 is 5.97 Å². The Morgan fingerprint density at radius 2 is 2.14 bits per heavy atom. The molecule has 0 aromatic heterocycles. The molecule has 0 bridgehead atoms. The second-order valence-electron chi connectivity index (χ2n) is 2.99. The van der Waals surface area contributed by atoms with Crippen molar-refractivity contribution >= 4 is 5.97 Å². The van der Waals surface area contributed by atoms with E-state index >= 15 is 0 Å². The Morgan fingerprint density at radius 1 is 1.43 bits per heavy atom. The number of halogens is 1. The van der Waals surface area contributed by atoms with Gasteiger partial charge in [-0.15, -0.1) is 0 Å². The number of hydrogen-bond donors (Lipinski definition) is 2. The van der Waals surface area contributed by atoms with E-state index in [9.17, 15) is 14.3 Å². The largest absolute Gasteiger partial charge is 0.505 e.